The monoisotopic (exact) mass is 277 g/mol. The Hall–Kier alpha value is -1.65. The lowest BCUT2D eigenvalue weighted by molar-refractivity contribution is 0.191. The van der Waals surface area contributed by atoms with Gasteiger partial charge in [-0.05, 0) is 12.0 Å². The molecule has 0 radical (unpaired) electrons. The van der Waals surface area contributed by atoms with E-state index in [4.69, 9.17) is 11.6 Å². The predicted octanol–water partition coefficient (Wildman–Crippen LogP) is 2.84. The van der Waals surface area contributed by atoms with Crippen LogP contribution in [0.4, 0.5) is 5.82 Å². The van der Waals surface area contributed by atoms with Crippen LogP contribution < -0.4 is 5.32 Å². The topological polar surface area (TPSA) is 58.0 Å². The average molecular weight is 278 g/mol. The Labute approximate surface area is 117 Å². The van der Waals surface area contributed by atoms with E-state index in [0.29, 0.717) is 17.5 Å². The predicted molar refractivity (Wildman–Crippen MR) is 76.3 cm³/mol. The standard InChI is InChI=1S/C14H16ClN3O/c1-2-11-13(15)17-9-18-14(11)16-8-12(19)10-6-4-3-5-7-10/h3-7,9,12,19H,2,8H2,1H3,(H,16,17,18). The van der Waals surface area contributed by atoms with Crippen LogP contribution in [0.2, 0.25) is 5.15 Å². The normalized spacial score (nSPS) is 12.2. The van der Waals surface area contributed by atoms with Crippen LogP contribution >= 0.6 is 11.6 Å². The number of aromatic nitrogens is 2. The number of halogens is 1. The molecule has 1 unspecified atom stereocenters. The van der Waals surface area contributed by atoms with Crippen molar-refractivity contribution in [1.82, 2.24) is 9.97 Å². The Morgan fingerprint density at radius 3 is 2.68 bits per heavy atom. The molecular weight excluding hydrogens is 262 g/mol. The van der Waals surface area contributed by atoms with Gasteiger partial charge < -0.3 is 10.4 Å². The highest BCUT2D eigenvalue weighted by atomic mass is 35.5. The highest BCUT2D eigenvalue weighted by Crippen LogP contribution is 2.21. The number of hydrogen-bond acceptors (Lipinski definition) is 4. The lowest BCUT2D eigenvalue weighted by atomic mass is 10.1. The highest BCUT2D eigenvalue weighted by Gasteiger charge is 2.11. The molecule has 0 saturated heterocycles. The molecule has 2 rings (SSSR count). The summed E-state index contributed by atoms with van der Waals surface area (Å²) in [6, 6.07) is 9.50. The molecule has 0 spiro atoms. The van der Waals surface area contributed by atoms with Crippen molar-refractivity contribution in [3.8, 4) is 0 Å². The molecule has 0 aliphatic heterocycles. The summed E-state index contributed by atoms with van der Waals surface area (Å²) in [5.41, 5.74) is 1.73. The molecular formula is C14H16ClN3O. The molecule has 5 heteroatoms. The number of rotatable bonds is 5. The van der Waals surface area contributed by atoms with Gasteiger partial charge in [0, 0.05) is 12.1 Å². The SMILES string of the molecule is CCc1c(Cl)ncnc1NCC(O)c1ccccc1. The molecule has 1 aromatic carbocycles. The maximum absolute atomic E-state index is 10.1. The van der Waals surface area contributed by atoms with Gasteiger partial charge in [0.2, 0.25) is 0 Å². The fourth-order valence-electron chi connectivity index (χ4n) is 1.84. The van der Waals surface area contributed by atoms with Crippen molar-refractivity contribution in [2.75, 3.05) is 11.9 Å². The molecule has 0 amide bonds. The maximum atomic E-state index is 10.1. The fourth-order valence-corrected chi connectivity index (χ4v) is 2.11. The third-order valence-electron chi connectivity index (χ3n) is 2.89. The summed E-state index contributed by atoms with van der Waals surface area (Å²) in [5, 5.41) is 13.6. The van der Waals surface area contributed by atoms with Crippen molar-refractivity contribution in [1.29, 1.82) is 0 Å². The van der Waals surface area contributed by atoms with Crippen molar-refractivity contribution >= 4 is 17.4 Å². The van der Waals surface area contributed by atoms with E-state index >= 15 is 0 Å². The van der Waals surface area contributed by atoms with E-state index in [1.165, 1.54) is 6.33 Å². The Balaban J connectivity index is 2.05. The minimum atomic E-state index is -0.584. The van der Waals surface area contributed by atoms with Gasteiger partial charge in [0.05, 0.1) is 6.10 Å². The number of benzene rings is 1. The molecule has 2 N–H and O–H groups in total. The van der Waals surface area contributed by atoms with Crippen LogP contribution in [0.3, 0.4) is 0 Å². The Morgan fingerprint density at radius 2 is 2.00 bits per heavy atom. The van der Waals surface area contributed by atoms with Gasteiger partial charge in [0.1, 0.15) is 17.3 Å². The smallest absolute Gasteiger partial charge is 0.137 e. The molecule has 0 saturated carbocycles. The maximum Gasteiger partial charge on any atom is 0.137 e. The van der Waals surface area contributed by atoms with E-state index in [2.05, 4.69) is 15.3 Å². The Bertz CT molecular complexity index is 533. The highest BCUT2D eigenvalue weighted by molar-refractivity contribution is 6.30. The number of nitrogens with one attached hydrogen (secondary N) is 1. The first-order chi connectivity index (χ1) is 9.22. The average Bonchev–Trinajstić information content (AvgIpc) is 2.45. The molecule has 1 atom stereocenters. The van der Waals surface area contributed by atoms with Crippen molar-refractivity contribution < 1.29 is 5.11 Å². The molecule has 0 bridgehead atoms. The van der Waals surface area contributed by atoms with E-state index in [0.717, 1.165) is 17.5 Å². The summed E-state index contributed by atoms with van der Waals surface area (Å²) in [7, 11) is 0. The zero-order valence-electron chi connectivity index (χ0n) is 10.7. The second kappa shape index (κ2) is 6.50. The first-order valence-corrected chi connectivity index (χ1v) is 6.56. The second-order valence-corrected chi connectivity index (χ2v) is 4.51. The van der Waals surface area contributed by atoms with Gasteiger partial charge in [-0.1, -0.05) is 48.9 Å². The zero-order chi connectivity index (χ0) is 13.7. The van der Waals surface area contributed by atoms with Crippen LogP contribution in [0.1, 0.15) is 24.2 Å². The number of nitrogens with zero attached hydrogens (tertiary/aromatic N) is 2. The van der Waals surface area contributed by atoms with Crippen LogP contribution in [0, 0.1) is 0 Å². The summed E-state index contributed by atoms with van der Waals surface area (Å²) in [5.74, 6) is 0.678. The minimum Gasteiger partial charge on any atom is -0.387 e. The molecule has 0 fully saturated rings. The molecule has 1 aromatic heterocycles. The molecule has 100 valence electrons. The summed E-state index contributed by atoms with van der Waals surface area (Å²) in [6.07, 6.45) is 1.57. The van der Waals surface area contributed by atoms with Gasteiger partial charge in [-0.15, -0.1) is 0 Å². The lowest BCUT2D eigenvalue weighted by Crippen LogP contribution is -2.14. The molecule has 19 heavy (non-hydrogen) atoms. The first-order valence-electron chi connectivity index (χ1n) is 6.18. The van der Waals surface area contributed by atoms with E-state index < -0.39 is 6.10 Å². The Kier molecular flexibility index (Phi) is 4.71. The van der Waals surface area contributed by atoms with E-state index in [9.17, 15) is 5.11 Å². The first kappa shape index (κ1) is 13.8. The van der Waals surface area contributed by atoms with Crippen molar-refractivity contribution in [3.05, 3.63) is 52.9 Å². The zero-order valence-corrected chi connectivity index (χ0v) is 11.4. The van der Waals surface area contributed by atoms with Gasteiger partial charge in [-0.25, -0.2) is 9.97 Å². The van der Waals surface area contributed by atoms with E-state index in [1.807, 2.05) is 37.3 Å². The van der Waals surface area contributed by atoms with Gasteiger partial charge in [0.15, 0.2) is 0 Å². The summed E-state index contributed by atoms with van der Waals surface area (Å²) < 4.78 is 0. The summed E-state index contributed by atoms with van der Waals surface area (Å²) in [6.45, 7) is 2.37. The molecule has 4 nitrogen and oxygen atoms in total. The third-order valence-corrected chi connectivity index (χ3v) is 3.22. The van der Waals surface area contributed by atoms with Crippen LogP contribution in [-0.4, -0.2) is 21.6 Å². The third kappa shape index (κ3) is 3.43. The number of anilines is 1. The van der Waals surface area contributed by atoms with Gasteiger partial charge >= 0.3 is 0 Å². The fraction of sp³-hybridized carbons (Fsp3) is 0.286. The van der Waals surface area contributed by atoms with Crippen molar-refractivity contribution in [2.24, 2.45) is 0 Å². The number of aliphatic hydroxyl groups excluding tert-OH is 1. The van der Waals surface area contributed by atoms with Crippen molar-refractivity contribution in [3.63, 3.8) is 0 Å². The van der Waals surface area contributed by atoms with Gasteiger partial charge in [-0.2, -0.15) is 0 Å². The molecule has 0 aliphatic carbocycles. The number of aliphatic hydroxyl groups is 1. The van der Waals surface area contributed by atoms with Crippen LogP contribution in [0.15, 0.2) is 36.7 Å². The van der Waals surface area contributed by atoms with Crippen LogP contribution in [0.25, 0.3) is 0 Å². The van der Waals surface area contributed by atoms with Gasteiger partial charge in [0.25, 0.3) is 0 Å². The van der Waals surface area contributed by atoms with Crippen LogP contribution in [0.5, 0.6) is 0 Å². The quantitative estimate of drug-likeness (QED) is 0.825. The summed E-state index contributed by atoms with van der Waals surface area (Å²) >= 11 is 6.01. The Morgan fingerprint density at radius 1 is 1.26 bits per heavy atom. The van der Waals surface area contributed by atoms with E-state index in [1.54, 1.807) is 0 Å². The minimum absolute atomic E-state index is 0.379. The summed E-state index contributed by atoms with van der Waals surface area (Å²) in [4.78, 5) is 8.11. The van der Waals surface area contributed by atoms with Crippen LogP contribution in [-0.2, 0) is 6.42 Å². The molecule has 2 aromatic rings. The van der Waals surface area contributed by atoms with Crippen molar-refractivity contribution in [2.45, 2.75) is 19.4 Å². The second-order valence-electron chi connectivity index (χ2n) is 4.15. The molecule has 0 aliphatic rings. The molecule has 1 heterocycles. The van der Waals surface area contributed by atoms with E-state index in [-0.39, 0.29) is 0 Å². The number of hydrogen-bond donors (Lipinski definition) is 2. The lowest BCUT2D eigenvalue weighted by Gasteiger charge is -2.14. The van der Waals surface area contributed by atoms with Gasteiger partial charge in [-0.3, -0.25) is 0 Å². The largest absolute Gasteiger partial charge is 0.387 e.